The number of hydrogen-bond acceptors (Lipinski definition) is 2. The Morgan fingerprint density at radius 1 is 1.37 bits per heavy atom. The minimum absolute atomic E-state index is 0.301. The van der Waals surface area contributed by atoms with Crippen molar-refractivity contribution in [1.29, 1.82) is 0 Å². The van der Waals surface area contributed by atoms with Crippen LogP contribution in [0.4, 0.5) is 4.79 Å². The quantitative estimate of drug-likeness (QED) is 0.876. The van der Waals surface area contributed by atoms with Crippen molar-refractivity contribution in [2.75, 3.05) is 13.1 Å². The van der Waals surface area contributed by atoms with E-state index < -0.39 is 0 Å². The summed E-state index contributed by atoms with van der Waals surface area (Å²) < 4.78 is 0. The summed E-state index contributed by atoms with van der Waals surface area (Å²) in [6, 6.07) is 8.96. The largest absolute Gasteiger partial charge is 0.351 e. The van der Waals surface area contributed by atoms with E-state index in [0.717, 1.165) is 25.9 Å². The van der Waals surface area contributed by atoms with Crippen LogP contribution >= 0.6 is 0 Å². The number of amides is 2. The Kier molecular flexibility index (Phi) is 4.43. The van der Waals surface area contributed by atoms with Crippen molar-refractivity contribution in [2.45, 2.75) is 38.8 Å². The molecule has 19 heavy (non-hydrogen) atoms. The molecule has 2 amide bonds. The lowest BCUT2D eigenvalue weighted by Crippen LogP contribution is -2.47. The van der Waals surface area contributed by atoms with E-state index in [9.17, 15) is 4.79 Å². The second-order valence-electron chi connectivity index (χ2n) is 5.34. The van der Waals surface area contributed by atoms with Gasteiger partial charge in [0.2, 0.25) is 0 Å². The number of aryl methyl sites for hydroxylation is 1. The van der Waals surface area contributed by atoms with Gasteiger partial charge in [0.15, 0.2) is 0 Å². The normalized spacial score (nSPS) is 18.3. The zero-order chi connectivity index (χ0) is 13.8. The molecule has 0 saturated carbocycles. The summed E-state index contributed by atoms with van der Waals surface area (Å²) in [5.41, 5.74) is 7.96. The third kappa shape index (κ3) is 3.47. The molecule has 104 valence electrons. The van der Waals surface area contributed by atoms with Crippen molar-refractivity contribution in [3.63, 3.8) is 0 Å². The van der Waals surface area contributed by atoms with Crippen molar-refractivity contribution in [2.24, 2.45) is 5.73 Å². The van der Waals surface area contributed by atoms with Gasteiger partial charge in [-0.2, -0.15) is 0 Å². The van der Waals surface area contributed by atoms with Crippen molar-refractivity contribution < 1.29 is 4.79 Å². The van der Waals surface area contributed by atoms with Crippen molar-refractivity contribution in [3.8, 4) is 0 Å². The van der Waals surface area contributed by atoms with Gasteiger partial charge in [0.25, 0.3) is 0 Å². The zero-order valence-electron chi connectivity index (χ0n) is 11.7. The lowest BCUT2D eigenvalue weighted by atomic mass is 9.99. The van der Waals surface area contributed by atoms with Crippen LogP contribution in [0.2, 0.25) is 0 Å². The van der Waals surface area contributed by atoms with Crippen LogP contribution < -0.4 is 11.1 Å². The molecule has 0 bridgehead atoms. The molecule has 3 N–H and O–H groups in total. The monoisotopic (exact) mass is 261 g/mol. The first-order valence-electron chi connectivity index (χ1n) is 6.94. The van der Waals surface area contributed by atoms with Gasteiger partial charge in [-0.1, -0.05) is 24.3 Å². The number of hydrogen-bond donors (Lipinski definition) is 2. The molecule has 1 aromatic rings. The van der Waals surface area contributed by atoms with Crippen LogP contribution in [0.3, 0.4) is 0 Å². The Bertz CT molecular complexity index is 439. The van der Waals surface area contributed by atoms with Crippen LogP contribution in [0, 0.1) is 6.92 Å². The Labute approximate surface area is 115 Å². The fourth-order valence-corrected chi connectivity index (χ4v) is 2.78. The molecule has 1 aliphatic rings. The lowest BCUT2D eigenvalue weighted by Gasteiger charge is -2.33. The molecule has 1 saturated heterocycles. The number of nitrogens with two attached hydrogens (primary N) is 1. The first-order chi connectivity index (χ1) is 9.08. The highest BCUT2D eigenvalue weighted by Crippen LogP contribution is 2.20. The van der Waals surface area contributed by atoms with Crippen molar-refractivity contribution in [1.82, 2.24) is 10.2 Å². The van der Waals surface area contributed by atoms with Gasteiger partial charge < -0.3 is 16.0 Å². The molecule has 1 atom stereocenters. The second kappa shape index (κ2) is 6.06. The Hall–Kier alpha value is -1.55. The standard InChI is InChI=1S/C15H23N3O/c1-11-5-3-4-6-14(11)12(2)17-13-7-9-18(10-8-13)15(16)19/h3-6,12-13,17H,7-10H2,1-2H3,(H2,16,19)/t12-/m1/s1. The van der Waals surface area contributed by atoms with Gasteiger partial charge in [0.05, 0.1) is 0 Å². The van der Waals surface area contributed by atoms with E-state index in [0.29, 0.717) is 12.1 Å². The van der Waals surface area contributed by atoms with E-state index in [4.69, 9.17) is 5.73 Å². The van der Waals surface area contributed by atoms with Crippen LogP contribution in [0.5, 0.6) is 0 Å². The molecule has 0 aliphatic carbocycles. The Balaban J connectivity index is 1.89. The summed E-state index contributed by atoms with van der Waals surface area (Å²) in [4.78, 5) is 12.8. The Morgan fingerprint density at radius 2 is 2.00 bits per heavy atom. The lowest BCUT2D eigenvalue weighted by molar-refractivity contribution is 0.183. The molecule has 1 heterocycles. The van der Waals surface area contributed by atoms with Gasteiger partial charge in [-0.05, 0) is 37.8 Å². The number of carbonyl (C=O) groups is 1. The maximum absolute atomic E-state index is 11.1. The molecule has 0 spiro atoms. The molecule has 4 heteroatoms. The SMILES string of the molecule is Cc1ccccc1[C@@H](C)NC1CCN(C(N)=O)CC1. The van der Waals surface area contributed by atoms with Crippen LogP contribution in [-0.4, -0.2) is 30.1 Å². The summed E-state index contributed by atoms with van der Waals surface area (Å²) in [7, 11) is 0. The number of nitrogens with zero attached hydrogens (tertiary/aromatic N) is 1. The molecular weight excluding hydrogens is 238 g/mol. The van der Waals surface area contributed by atoms with Gasteiger partial charge >= 0.3 is 6.03 Å². The fraction of sp³-hybridized carbons (Fsp3) is 0.533. The van der Waals surface area contributed by atoms with Gasteiger partial charge in [0.1, 0.15) is 0 Å². The smallest absolute Gasteiger partial charge is 0.314 e. The molecule has 0 unspecified atom stereocenters. The number of urea groups is 1. The predicted octanol–water partition coefficient (Wildman–Crippen LogP) is 2.19. The second-order valence-corrected chi connectivity index (χ2v) is 5.34. The predicted molar refractivity (Wildman–Crippen MR) is 76.9 cm³/mol. The molecule has 0 aromatic heterocycles. The number of primary amides is 1. The molecule has 0 radical (unpaired) electrons. The third-order valence-electron chi connectivity index (χ3n) is 3.95. The van der Waals surface area contributed by atoms with Crippen molar-refractivity contribution in [3.05, 3.63) is 35.4 Å². The van der Waals surface area contributed by atoms with Gasteiger partial charge in [-0.25, -0.2) is 4.79 Å². The summed E-state index contributed by atoms with van der Waals surface area (Å²) in [6.07, 6.45) is 1.94. The zero-order valence-corrected chi connectivity index (χ0v) is 11.7. The number of likely N-dealkylation sites (tertiary alicyclic amines) is 1. The van der Waals surface area contributed by atoms with Crippen LogP contribution in [0.25, 0.3) is 0 Å². The van der Waals surface area contributed by atoms with E-state index >= 15 is 0 Å². The third-order valence-corrected chi connectivity index (χ3v) is 3.95. The fourth-order valence-electron chi connectivity index (χ4n) is 2.78. The van der Waals surface area contributed by atoms with Crippen LogP contribution in [0.15, 0.2) is 24.3 Å². The highest BCUT2D eigenvalue weighted by molar-refractivity contribution is 5.72. The molecular formula is C15H23N3O. The maximum Gasteiger partial charge on any atom is 0.314 e. The highest BCUT2D eigenvalue weighted by Gasteiger charge is 2.22. The molecule has 2 rings (SSSR count). The van der Waals surface area contributed by atoms with E-state index in [1.807, 2.05) is 0 Å². The average molecular weight is 261 g/mol. The van der Waals surface area contributed by atoms with Crippen LogP contribution in [0.1, 0.15) is 36.9 Å². The van der Waals surface area contributed by atoms with Gasteiger partial charge in [-0.15, -0.1) is 0 Å². The minimum atomic E-state index is -0.301. The topological polar surface area (TPSA) is 58.4 Å². The number of piperidine rings is 1. The molecule has 1 aliphatic heterocycles. The summed E-state index contributed by atoms with van der Waals surface area (Å²) in [5, 5.41) is 3.66. The van der Waals surface area contributed by atoms with E-state index in [1.54, 1.807) is 4.90 Å². The highest BCUT2D eigenvalue weighted by atomic mass is 16.2. The van der Waals surface area contributed by atoms with E-state index in [1.165, 1.54) is 11.1 Å². The number of nitrogens with one attached hydrogen (secondary N) is 1. The average Bonchev–Trinajstić information content (AvgIpc) is 2.39. The Morgan fingerprint density at radius 3 is 2.58 bits per heavy atom. The first-order valence-corrected chi connectivity index (χ1v) is 6.94. The molecule has 4 nitrogen and oxygen atoms in total. The molecule has 1 aromatic carbocycles. The minimum Gasteiger partial charge on any atom is -0.351 e. The van der Waals surface area contributed by atoms with E-state index in [-0.39, 0.29) is 6.03 Å². The summed E-state index contributed by atoms with van der Waals surface area (Å²) >= 11 is 0. The van der Waals surface area contributed by atoms with Crippen molar-refractivity contribution >= 4 is 6.03 Å². The summed E-state index contributed by atoms with van der Waals surface area (Å²) in [5.74, 6) is 0. The van der Waals surface area contributed by atoms with Gasteiger partial charge in [0, 0.05) is 25.2 Å². The number of rotatable bonds is 3. The van der Waals surface area contributed by atoms with Gasteiger partial charge in [-0.3, -0.25) is 0 Å². The number of carbonyl (C=O) groups excluding carboxylic acids is 1. The molecule has 1 fully saturated rings. The van der Waals surface area contributed by atoms with E-state index in [2.05, 4.69) is 43.4 Å². The number of benzene rings is 1. The first kappa shape index (κ1) is 13.9. The maximum atomic E-state index is 11.1. The van der Waals surface area contributed by atoms with Crippen LogP contribution in [-0.2, 0) is 0 Å². The summed E-state index contributed by atoms with van der Waals surface area (Å²) in [6.45, 7) is 5.85.